The molecule has 0 radical (unpaired) electrons. The predicted octanol–water partition coefficient (Wildman–Crippen LogP) is 4.16. The Morgan fingerprint density at radius 2 is 2.05 bits per heavy atom. The normalized spacial score (nSPS) is 12.6. The number of nitrogens with one attached hydrogen (secondary N) is 1. The van der Waals surface area contributed by atoms with Crippen LogP contribution in [0.15, 0.2) is 23.6 Å². The summed E-state index contributed by atoms with van der Waals surface area (Å²) in [5, 5.41) is 6.92. The highest BCUT2D eigenvalue weighted by Crippen LogP contribution is 2.26. The fraction of sp³-hybridized carbons (Fsp3) is 0.438. The number of aromatic nitrogens is 1. The van der Waals surface area contributed by atoms with Gasteiger partial charge in [0, 0.05) is 5.38 Å². The zero-order valence-corrected chi connectivity index (χ0v) is 13.0. The van der Waals surface area contributed by atoms with E-state index in [1.165, 1.54) is 16.7 Å². The summed E-state index contributed by atoms with van der Waals surface area (Å²) in [6.45, 7) is 9.58. The fourth-order valence-corrected chi connectivity index (χ4v) is 2.96. The maximum absolute atomic E-state index is 4.66. The third-order valence-corrected chi connectivity index (χ3v) is 4.06. The smallest absolute Gasteiger partial charge is 0.0898 e. The van der Waals surface area contributed by atoms with Crippen LogP contribution in [0.25, 0.3) is 0 Å². The van der Waals surface area contributed by atoms with Crippen molar-refractivity contribution in [3.63, 3.8) is 0 Å². The van der Waals surface area contributed by atoms with Crippen LogP contribution in [0.3, 0.4) is 0 Å². The summed E-state index contributed by atoms with van der Waals surface area (Å²) in [5.74, 6) is 0. The van der Waals surface area contributed by atoms with Gasteiger partial charge in [-0.3, -0.25) is 0 Å². The lowest BCUT2D eigenvalue weighted by Crippen LogP contribution is -2.24. The second-order valence-electron chi connectivity index (χ2n) is 5.04. The summed E-state index contributed by atoms with van der Waals surface area (Å²) in [6, 6.07) is 6.87. The number of benzene rings is 1. The Morgan fingerprint density at radius 3 is 2.63 bits per heavy atom. The first-order chi connectivity index (χ1) is 9.11. The molecule has 3 heteroatoms. The van der Waals surface area contributed by atoms with Gasteiger partial charge in [0.2, 0.25) is 0 Å². The molecule has 1 aromatic carbocycles. The van der Waals surface area contributed by atoms with E-state index in [1.54, 1.807) is 11.3 Å². The zero-order valence-electron chi connectivity index (χ0n) is 12.2. The molecule has 1 aromatic heterocycles. The molecule has 19 heavy (non-hydrogen) atoms. The highest BCUT2D eigenvalue weighted by molar-refractivity contribution is 7.09. The first-order valence-electron chi connectivity index (χ1n) is 6.84. The van der Waals surface area contributed by atoms with Crippen LogP contribution in [0, 0.1) is 20.8 Å². The summed E-state index contributed by atoms with van der Waals surface area (Å²) in [6.07, 6.45) is 1.13. The van der Waals surface area contributed by atoms with Crippen molar-refractivity contribution in [3.8, 4) is 0 Å². The van der Waals surface area contributed by atoms with Gasteiger partial charge in [-0.25, -0.2) is 4.98 Å². The van der Waals surface area contributed by atoms with Gasteiger partial charge in [-0.2, -0.15) is 0 Å². The summed E-state index contributed by atoms with van der Waals surface area (Å²) in [5.41, 5.74) is 5.12. The van der Waals surface area contributed by atoms with Gasteiger partial charge < -0.3 is 5.32 Å². The molecular weight excluding hydrogens is 252 g/mol. The third kappa shape index (κ3) is 3.43. The minimum absolute atomic E-state index is 0.213. The number of nitrogens with zero attached hydrogens (tertiary/aromatic N) is 1. The topological polar surface area (TPSA) is 24.9 Å². The molecule has 0 fully saturated rings. The van der Waals surface area contributed by atoms with Crippen LogP contribution < -0.4 is 5.32 Å². The Bertz CT molecular complexity index is 545. The highest BCUT2D eigenvalue weighted by Gasteiger charge is 2.17. The largest absolute Gasteiger partial charge is 0.305 e. The molecular formula is C16H22N2S. The molecule has 2 rings (SSSR count). The van der Waals surface area contributed by atoms with Crippen molar-refractivity contribution >= 4 is 11.3 Å². The van der Waals surface area contributed by atoms with Gasteiger partial charge >= 0.3 is 0 Å². The summed E-state index contributed by atoms with van der Waals surface area (Å²) < 4.78 is 0. The molecule has 1 unspecified atom stereocenters. The molecule has 1 N–H and O–H groups in total. The lowest BCUT2D eigenvalue weighted by molar-refractivity contribution is 0.586. The fourth-order valence-electron chi connectivity index (χ4n) is 2.32. The van der Waals surface area contributed by atoms with E-state index in [1.807, 2.05) is 0 Å². The SMILES string of the molecule is CCCNC(c1csc(C)n1)c1ccc(C)cc1C. The average molecular weight is 274 g/mol. The predicted molar refractivity (Wildman–Crippen MR) is 82.9 cm³/mol. The molecule has 0 amide bonds. The van der Waals surface area contributed by atoms with Crippen LogP contribution in [0.5, 0.6) is 0 Å². The van der Waals surface area contributed by atoms with Crippen molar-refractivity contribution in [1.29, 1.82) is 0 Å². The number of hydrogen-bond acceptors (Lipinski definition) is 3. The minimum Gasteiger partial charge on any atom is -0.305 e. The van der Waals surface area contributed by atoms with E-state index >= 15 is 0 Å². The van der Waals surface area contributed by atoms with Crippen molar-refractivity contribution < 1.29 is 0 Å². The lowest BCUT2D eigenvalue weighted by Gasteiger charge is -2.19. The van der Waals surface area contributed by atoms with E-state index in [4.69, 9.17) is 0 Å². The molecule has 0 aliphatic rings. The summed E-state index contributed by atoms with van der Waals surface area (Å²) >= 11 is 1.72. The van der Waals surface area contributed by atoms with Crippen LogP contribution in [-0.2, 0) is 0 Å². The van der Waals surface area contributed by atoms with Crippen molar-refractivity contribution in [2.75, 3.05) is 6.54 Å². The maximum atomic E-state index is 4.66. The number of rotatable bonds is 5. The first kappa shape index (κ1) is 14.2. The van der Waals surface area contributed by atoms with Crippen LogP contribution in [0.2, 0.25) is 0 Å². The Hall–Kier alpha value is -1.19. The summed E-state index contributed by atoms with van der Waals surface area (Å²) in [7, 11) is 0. The molecule has 2 aromatic rings. The quantitative estimate of drug-likeness (QED) is 0.885. The van der Waals surface area contributed by atoms with Gasteiger partial charge in [0.1, 0.15) is 0 Å². The Labute approximate surface area is 119 Å². The molecule has 1 atom stereocenters. The molecule has 2 nitrogen and oxygen atoms in total. The minimum atomic E-state index is 0.213. The Balaban J connectivity index is 2.36. The monoisotopic (exact) mass is 274 g/mol. The maximum Gasteiger partial charge on any atom is 0.0898 e. The molecule has 0 aliphatic carbocycles. The summed E-state index contributed by atoms with van der Waals surface area (Å²) in [4.78, 5) is 4.66. The number of thiazole rings is 1. The molecule has 102 valence electrons. The molecule has 0 spiro atoms. The van der Waals surface area contributed by atoms with Crippen molar-refractivity contribution in [2.24, 2.45) is 0 Å². The molecule has 0 bridgehead atoms. The Kier molecular flexibility index (Phi) is 4.72. The van der Waals surface area contributed by atoms with Gasteiger partial charge in [-0.1, -0.05) is 30.7 Å². The average Bonchev–Trinajstić information content (AvgIpc) is 2.78. The Morgan fingerprint density at radius 1 is 1.26 bits per heavy atom. The van der Waals surface area contributed by atoms with Crippen LogP contribution >= 0.6 is 11.3 Å². The van der Waals surface area contributed by atoms with Gasteiger partial charge in [0.15, 0.2) is 0 Å². The van der Waals surface area contributed by atoms with E-state index in [2.05, 4.69) is 61.6 Å². The molecule has 0 saturated heterocycles. The highest BCUT2D eigenvalue weighted by atomic mass is 32.1. The second kappa shape index (κ2) is 6.31. The molecule has 1 heterocycles. The first-order valence-corrected chi connectivity index (χ1v) is 7.72. The van der Waals surface area contributed by atoms with Gasteiger partial charge in [-0.15, -0.1) is 11.3 Å². The van der Waals surface area contributed by atoms with Crippen LogP contribution in [-0.4, -0.2) is 11.5 Å². The third-order valence-electron chi connectivity index (χ3n) is 3.27. The zero-order chi connectivity index (χ0) is 13.8. The van der Waals surface area contributed by atoms with Gasteiger partial charge in [0.05, 0.1) is 16.7 Å². The molecule has 0 aliphatic heterocycles. The lowest BCUT2D eigenvalue weighted by atomic mass is 9.97. The second-order valence-corrected chi connectivity index (χ2v) is 6.10. The number of hydrogen-bond donors (Lipinski definition) is 1. The van der Waals surface area contributed by atoms with E-state index < -0.39 is 0 Å². The molecule has 0 saturated carbocycles. The van der Waals surface area contributed by atoms with Gasteiger partial charge in [0.25, 0.3) is 0 Å². The van der Waals surface area contributed by atoms with Crippen LogP contribution in [0.1, 0.15) is 46.8 Å². The van der Waals surface area contributed by atoms with E-state index in [-0.39, 0.29) is 6.04 Å². The number of aryl methyl sites for hydroxylation is 3. The standard InChI is InChI=1S/C16H22N2S/c1-5-8-17-16(15-10-19-13(4)18-15)14-7-6-11(2)9-12(14)3/h6-7,9-10,16-17H,5,8H2,1-4H3. The van der Waals surface area contributed by atoms with Crippen LogP contribution in [0.4, 0.5) is 0 Å². The van der Waals surface area contributed by atoms with Crippen molar-refractivity contribution in [2.45, 2.75) is 40.2 Å². The van der Waals surface area contributed by atoms with Crippen molar-refractivity contribution in [3.05, 3.63) is 51.0 Å². The van der Waals surface area contributed by atoms with E-state index in [9.17, 15) is 0 Å². The van der Waals surface area contributed by atoms with E-state index in [0.29, 0.717) is 0 Å². The van der Waals surface area contributed by atoms with Crippen molar-refractivity contribution in [1.82, 2.24) is 10.3 Å². The van der Waals surface area contributed by atoms with E-state index in [0.717, 1.165) is 23.7 Å². The van der Waals surface area contributed by atoms with Gasteiger partial charge in [-0.05, 0) is 44.9 Å².